The topological polar surface area (TPSA) is 0 Å². The molecular formula is C13H14S2. The van der Waals surface area contributed by atoms with Gasteiger partial charge in [0.2, 0.25) is 0 Å². The quantitative estimate of drug-likeness (QED) is 0.676. The smallest absolute Gasteiger partial charge is 0.0186 e. The van der Waals surface area contributed by atoms with Gasteiger partial charge in [0, 0.05) is 9.79 Å². The molecule has 0 aliphatic heterocycles. The van der Waals surface area contributed by atoms with E-state index in [2.05, 4.69) is 48.5 Å². The van der Waals surface area contributed by atoms with Crippen LogP contribution in [0.3, 0.4) is 0 Å². The summed E-state index contributed by atoms with van der Waals surface area (Å²) in [4.78, 5) is 2.59. The third-order valence-corrected chi connectivity index (χ3v) is 4.14. The van der Waals surface area contributed by atoms with Crippen LogP contribution in [0.5, 0.6) is 0 Å². The number of rotatable bonds is 3. The summed E-state index contributed by atoms with van der Waals surface area (Å²) in [6.07, 6.45) is 0. The van der Waals surface area contributed by atoms with Gasteiger partial charge in [0.25, 0.3) is 0 Å². The molecule has 2 rings (SSSR count). The van der Waals surface area contributed by atoms with Crippen LogP contribution in [0, 0.1) is 0 Å². The highest BCUT2D eigenvalue weighted by molar-refractivity contribution is 8.76. The van der Waals surface area contributed by atoms with Gasteiger partial charge in [-0.15, -0.1) is 0 Å². The van der Waals surface area contributed by atoms with Gasteiger partial charge in [0.15, 0.2) is 0 Å². The van der Waals surface area contributed by atoms with Crippen molar-refractivity contribution in [1.82, 2.24) is 0 Å². The maximum absolute atomic E-state index is 2.13. The maximum atomic E-state index is 2.13. The van der Waals surface area contributed by atoms with E-state index in [0.29, 0.717) is 0 Å². The van der Waals surface area contributed by atoms with Crippen LogP contribution in [0.2, 0.25) is 0 Å². The lowest BCUT2D eigenvalue weighted by atomic mass is 10.4. The molecule has 15 heavy (non-hydrogen) atoms. The van der Waals surface area contributed by atoms with Crippen LogP contribution >= 0.6 is 21.6 Å². The summed E-state index contributed by atoms with van der Waals surface area (Å²) in [6, 6.07) is 20.8. The van der Waals surface area contributed by atoms with Gasteiger partial charge in [-0.2, -0.15) is 0 Å². The average molecular weight is 234 g/mol. The Morgan fingerprint density at radius 3 is 1.20 bits per heavy atom. The molecule has 0 aromatic heterocycles. The molecule has 0 N–H and O–H groups in total. The highest BCUT2D eigenvalue weighted by atomic mass is 33.1. The summed E-state index contributed by atoms with van der Waals surface area (Å²) >= 11 is 0. The van der Waals surface area contributed by atoms with Gasteiger partial charge in [-0.3, -0.25) is 0 Å². The van der Waals surface area contributed by atoms with Gasteiger partial charge in [0.05, 0.1) is 0 Å². The second kappa shape index (κ2) is 6.59. The maximum Gasteiger partial charge on any atom is 0.0186 e. The second-order valence-corrected chi connectivity index (χ2v) is 5.07. The van der Waals surface area contributed by atoms with Crippen LogP contribution in [0.25, 0.3) is 0 Å². The van der Waals surface area contributed by atoms with Gasteiger partial charge in [-0.05, 0) is 24.3 Å². The predicted octanol–water partition coefficient (Wildman–Crippen LogP) is 5.12. The van der Waals surface area contributed by atoms with Gasteiger partial charge >= 0.3 is 0 Å². The first kappa shape index (κ1) is 12.2. The Balaban J connectivity index is 0.00000112. The van der Waals surface area contributed by atoms with Crippen molar-refractivity contribution in [2.75, 3.05) is 0 Å². The van der Waals surface area contributed by atoms with Gasteiger partial charge in [-0.25, -0.2) is 0 Å². The van der Waals surface area contributed by atoms with Crippen molar-refractivity contribution in [2.24, 2.45) is 0 Å². The van der Waals surface area contributed by atoms with E-state index in [1.807, 2.05) is 12.1 Å². The van der Waals surface area contributed by atoms with E-state index >= 15 is 0 Å². The summed E-state index contributed by atoms with van der Waals surface area (Å²) in [5.41, 5.74) is 0. The molecule has 0 spiro atoms. The van der Waals surface area contributed by atoms with Crippen LogP contribution in [-0.4, -0.2) is 0 Å². The largest absolute Gasteiger partial charge is 0.0776 e. The fourth-order valence-electron chi connectivity index (χ4n) is 1.05. The standard InChI is InChI=1S/C12H10S2.CH4/c1-3-7-11(8-4-1)13-14-12-9-5-2-6-10-12;/h1-10H;1H4. The average Bonchev–Trinajstić information content (AvgIpc) is 2.29. The molecule has 0 amide bonds. The molecule has 0 nitrogen and oxygen atoms in total. The molecule has 2 aromatic rings. The Labute approximate surface area is 99.5 Å². The third-order valence-electron chi connectivity index (χ3n) is 1.72. The van der Waals surface area contributed by atoms with Crippen LogP contribution in [-0.2, 0) is 0 Å². The molecule has 78 valence electrons. The highest BCUT2D eigenvalue weighted by Gasteiger charge is 1.94. The van der Waals surface area contributed by atoms with Crippen LogP contribution in [0.4, 0.5) is 0 Å². The van der Waals surface area contributed by atoms with E-state index in [1.54, 1.807) is 21.6 Å². The van der Waals surface area contributed by atoms with Crippen LogP contribution in [0.1, 0.15) is 7.43 Å². The van der Waals surface area contributed by atoms with Gasteiger partial charge in [0.1, 0.15) is 0 Å². The summed E-state index contributed by atoms with van der Waals surface area (Å²) < 4.78 is 0. The Morgan fingerprint density at radius 2 is 0.867 bits per heavy atom. The molecule has 0 saturated heterocycles. The first-order valence-corrected chi connectivity index (χ1v) is 6.55. The minimum Gasteiger partial charge on any atom is -0.0776 e. The summed E-state index contributed by atoms with van der Waals surface area (Å²) in [5, 5.41) is 0. The highest BCUT2D eigenvalue weighted by Crippen LogP contribution is 2.36. The lowest BCUT2D eigenvalue weighted by Gasteiger charge is -1.99. The summed E-state index contributed by atoms with van der Waals surface area (Å²) in [5.74, 6) is 0. The Kier molecular flexibility index (Phi) is 5.37. The van der Waals surface area contributed by atoms with Crippen molar-refractivity contribution >= 4 is 21.6 Å². The summed E-state index contributed by atoms with van der Waals surface area (Å²) in [6.45, 7) is 0. The molecule has 0 atom stereocenters. The van der Waals surface area contributed by atoms with E-state index in [0.717, 1.165) is 0 Å². The zero-order valence-corrected chi connectivity index (χ0v) is 9.22. The molecule has 0 fully saturated rings. The number of benzene rings is 2. The van der Waals surface area contributed by atoms with Crippen molar-refractivity contribution in [3.05, 3.63) is 60.7 Å². The molecule has 2 aromatic carbocycles. The van der Waals surface area contributed by atoms with Gasteiger partial charge < -0.3 is 0 Å². The molecule has 0 heterocycles. The van der Waals surface area contributed by atoms with E-state index in [1.165, 1.54) is 9.79 Å². The van der Waals surface area contributed by atoms with Crippen molar-refractivity contribution in [3.8, 4) is 0 Å². The minimum atomic E-state index is 0. The van der Waals surface area contributed by atoms with E-state index in [9.17, 15) is 0 Å². The molecule has 0 saturated carbocycles. The van der Waals surface area contributed by atoms with E-state index < -0.39 is 0 Å². The normalized spacial score (nSPS) is 9.33. The second-order valence-electron chi connectivity index (χ2n) is 2.79. The molecule has 2 heteroatoms. The molecule has 0 bridgehead atoms. The Morgan fingerprint density at radius 1 is 0.533 bits per heavy atom. The predicted molar refractivity (Wildman–Crippen MR) is 71.3 cm³/mol. The van der Waals surface area contributed by atoms with Gasteiger partial charge in [-0.1, -0.05) is 65.4 Å². The fourth-order valence-corrected chi connectivity index (χ4v) is 3.02. The SMILES string of the molecule is C.c1ccc(SSc2ccccc2)cc1. The zero-order valence-electron chi connectivity index (χ0n) is 7.59. The van der Waals surface area contributed by atoms with Crippen LogP contribution in [0.15, 0.2) is 70.5 Å². The van der Waals surface area contributed by atoms with Crippen molar-refractivity contribution in [3.63, 3.8) is 0 Å². The van der Waals surface area contributed by atoms with Crippen LogP contribution < -0.4 is 0 Å². The molecule has 0 radical (unpaired) electrons. The molecule has 0 aliphatic rings. The van der Waals surface area contributed by atoms with E-state index in [4.69, 9.17) is 0 Å². The molecule has 0 unspecified atom stereocenters. The monoisotopic (exact) mass is 234 g/mol. The zero-order chi connectivity index (χ0) is 9.64. The first-order chi connectivity index (χ1) is 6.95. The molecular weight excluding hydrogens is 220 g/mol. The van der Waals surface area contributed by atoms with E-state index in [-0.39, 0.29) is 7.43 Å². The third kappa shape index (κ3) is 4.02. The Hall–Kier alpha value is -0.860. The summed E-state index contributed by atoms with van der Waals surface area (Å²) in [7, 11) is 3.58. The Bertz CT molecular complexity index is 331. The number of hydrogen-bond acceptors (Lipinski definition) is 2. The lowest BCUT2D eigenvalue weighted by Crippen LogP contribution is -1.67. The fraction of sp³-hybridized carbons (Fsp3) is 0.0769. The van der Waals surface area contributed by atoms with Crippen molar-refractivity contribution in [2.45, 2.75) is 17.2 Å². The number of hydrogen-bond donors (Lipinski definition) is 0. The lowest BCUT2D eigenvalue weighted by molar-refractivity contribution is 1.47. The molecule has 0 aliphatic carbocycles. The first-order valence-electron chi connectivity index (χ1n) is 4.40. The minimum absolute atomic E-state index is 0. The van der Waals surface area contributed by atoms with Crippen molar-refractivity contribution in [1.29, 1.82) is 0 Å². The van der Waals surface area contributed by atoms with Crippen molar-refractivity contribution < 1.29 is 0 Å².